The van der Waals surface area contributed by atoms with Crippen molar-refractivity contribution in [3.05, 3.63) is 89.5 Å². The number of esters is 1. The maximum absolute atomic E-state index is 13.5. The molecule has 0 spiro atoms. The van der Waals surface area contributed by atoms with Crippen LogP contribution in [0.5, 0.6) is 0 Å². The second kappa shape index (κ2) is 8.67. The summed E-state index contributed by atoms with van der Waals surface area (Å²) in [7, 11) is -1.57. The molecule has 7 heteroatoms. The molecule has 3 aromatic rings. The molecule has 0 bridgehead atoms. The molecule has 0 aliphatic rings. The molecule has 29 heavy (non-hydrogen) atoms. The van der Waals surface area contributed by atoms with Crippen molar-refractivity contribution in [3.63, 3.8) is 0 Å². The zero-order valence-corrected chi connectivity index (χ0v) is 16.6. The molecule has 146 valence electrons. The second-order valence-corrected chi connectivity index (χ2v) is 8.30. The monoisotopic (exact) mass is 408 g/mol. The highest BCUT2D eigenvalue weighted by atomic mass is 32.2. The Balaban J connectivity index is 1.96. The minimum absolute atomic E-state index is 0.189. The van der Waals surface area contributed by atoms with Crippen molar-refractivity contribution < 1.29 is 18.1 Å². The first-order valence-electron chi connectivity index (χ1n) is 8.52. The normalized spacial score (nSPS) is 12.2. The molecule has 5 nitrogen and oxygen atoms in total. The van der Waals surface area contributed by atoms with Gasteiger partial charge >= 0.3 is 5.97 Å². The molecule has 0 aliphatic heterocycles. The van der Waals surface area contributed by atoms with Gasteiger partial charge < -0.3 is 4.74 Å². The van der Waals surface area contributed by atoms with E-state index in [1.165, 1.54) is 43.8 Å². The van der Waals surface area contributed by atoms with E-state index in [-0.39, 0.29) is 5.69 Å². The highest BCUT2D eigenvalue weighted by Crippen LogP contribution is 2.23. The lowest BCUT2D eigenvalue weighted by Crippen LogP contribution is -2.03. The number of ether oxygens (including phenoxy) is 1. The van der Waals surface area contributed by atoms with Crippen LogP contribution in [0.25, 0.3) is 0 Å². The van der Waals surface area contributed by atoms with Gasteiger partial charge in [-0.3, -0.25) is 0 Å². The van der Waals surface area contributed by atoms with Crippen molar-refractivity contribution in [3.8, 4) is 11.8 Å². The van der Waals surface area contributed by atoms with Crippen LogP contribution >= 0.6 is 0 Å². The quantitative estimate of drug-likeness (QED) is 0.481. The van der Waals surface area contributed by atoms with Crippen LogP contribution in [0.3, 0.4) is 0 Å². The summed E-state index contributed by atoms with van der Waals surface area (Å²) < 4.78 is 35.5. The minimum Gasteiger partial charge on any atom is -0.464 e. The number of methoxy groups -OCH3 is 1. The van der Waals surface area contributed by atoms with Crippen molar-refractivity contribution in [2.75, 3.05) is 13.4 Å². The first-order chi connectivity index (χ1) is 13.9. The van der Waals surface area contributed by atoms with Gasteiger partial charge in [0.15, 0.2) is 0 Å². The molecule has 1 atom stereocenters. The summed E-state index contributed by atoms with van der Waals surface area (Å²) in [4.78, 5) is 15.8. The Hall–Kier alpha value is -3.50. The molecule has 0 saturated carbocycles. The van der Waals surface area contributed by atoms with E-state index in [4.69, 9.17) is 0 Å². The Morgan fingerprint density at radius 3 is 2.59 bits per heavy atom. The molecule has 1 heterocycles. The highest BCUT2D eigenvalue weighted by Gasteiger charge is 2.09. The third-order valence-electron chi connectivity index (χ3n) is 3.91. The maximum Gasteiger partial charge on any atom is 0.356 e. The Bertz CT molecular complexity index is 1230. The van der Waals surface area contributed by atoms with Gasteiger partial charge in [-0.15, -0.1) is 0 Å². The summed E-state index contributed by atoms with van der Waals surface area (Å²) in [6.45, 7) is 0. The van der Waals surface area contributed by atoms with Gasteiger partial charge in [-0.1, -0.05) is 30.0 Å². The number of nitrogens with zero attached hydrogens (tertiary/aromatic N) is 2. The number of hydrogen-bond acceptors (Lipinski definition) is 5. The van der Waals surface area contributed by atoms with Gasteiger partial charge in [-0.2, -0.15) is 4.36 Å². The molecule has 0 N–H and O–H groups in total. The number of hydrogen-bond donors (Lipinski definition) is 0. The van der Waals surface area contributed by atoms with Crippen LogP contribution < -0.4 is 0 Å². The number of carbonyl (C=O) groups excluding carboxylic acids is 1. The largest absolute Gasteiger partial charge is 0.464 e. The Kier molecular flexibility index (Phi) is 6.05. The molecule has 0 aliphatic carbocycles. The van der Waals surface area contributed by atoms with Gasteiger partial charge in [0.1, 0.15) is 11.5 Å². The van der Waals surface area contributed by atoms with Crippen molar-refractivity contribution in [1.82, 2.24) is 4.98 Å². The van der Waals surface area contributed by atoms with Gasteiger partial charge in [0.05, 0.1) is 33.0 Å². The van der Waals surface area contributed by atoms with E-state index in [0.717, 1.165) is 0 Å². The van der Waals surface area contributed by atoms with E-state index < -0.39 is 21.5 Å². The molecule has 3 rings (SSSR count). The predicted octanol–water partition coefficient (Wildman–Crippen LogP) is 4.20. The van der Waals surface area contributed by atoms with E-state index in [0.29, 0.717) is 21.7 Å². The summed E-state index contributed by atoms with van der Waals surface area (Å²) in [6.07, 6.45) is 2.93. The van der Waals surface area contributed by atoms with Gasteiger partial charge in [0, 0.05) is 18.0 Å². The molecular formula is C22H17FN2O3S. The topological polar surface area (TPSA) is 68.6 Å². The SMILES string of the molecule is COC(=O)c1ccc(C#Cc2ccccc2N=S(C)(=O)c2cccc(F)c2)cn1. The molecule has 0 amide bonds. The van der Waals surface area contributed by atoms with E-state index in [2.05, 4.69) is 25.9 Å². The average Bonchev–Trinajstić information content (AvgIpc) is 2.73. The van der Waals surface area contributed by atoms with Gasteiger partial charge in [-0.25, -0.2) is 18.4 Å². The Morgan fingerprint density at radius 1 is 1.10 bits per heavy atom. The van der Waals surface area contributed by atoms with Crippen LogP contribution in [-0.2, 0) is 14.5 Å². The summed E-state index contributed by atoms with van der Waals surface area (Å²) >= 11 is 0. The standard InChI is InChI=1S/C22H17FN2O3S/c1-28-22(26)21-13-11-16(15-24-21)10-12-17-6-3-4-9-20(17)25-29(2,27)19-8-5-7-18(23)14-19/h3-9,11,13-15H,1-2H3. The summed E-state index contributed by atoms with van der Waals surface area (Å²) in [5.74, 6) is 4.93. The molecule has 2 aromatic carbocycles. The fourth-order valence-corrected chi connectivity index (χ4v) is 3.74. The summed E-state index contributed by atoms with van der Waals surface area (Å²) in [5.41, 5.74) is 1.79. The first kappa shape index (κ1) is 20.2. The van der Waals surface area contributed by atoms with Crippen LogP contribution in [0.1, 0.15) is 21.6 Å². The van der Waals surface area contributed by atoms with Crippen LogP contribution in [0.4, 0.5) is 10.1 Å². The highest BCUT2D eigenvalue weighted by molar-refractivity contribution is 7.93. The number of aromatic nitrogens is 1. The van der Waals surface area contributed by atoms with E-state index in [1.54, 1.807) is 36.4 Å². The smallest absolute Gasteiger partial charge is 0.356 e. The van der Waals surface area contributed by atoms with Gasteiger partial charge in [0.25, 0.3) is 0 Å². The average molecular weight is 408 g/mol. The molecule has 0 saturated heterocycles. The van der Waals surface area contributed by atoms with Crippen LogP contribution in [0.15, 0.2) is 76.1 Å². The van der Waals surface area contributed by atoms with E-state index >= 15 is 0 Å². The van der Waals surface area contributed by atoms with Crippen molar-refractivity contribution in [1.29, 1.82) is 0 Å². The van der Waals surface area contributed by atoms with Crippen LogP contribution in [0, 0.1) is 17.7 Å². The molecule has 0 radical (unpaired) electrons. The van der Waals surface area contributed by atoms with Crippen LogP contribution in [0.2, 0.25) is 0 Å². The van der Waals surface area contributed by atoms with E-state index in [9.17, 15) is 13.4 Å². The Morgan fingerprint density at radius 2 is 1.90 bits per heavy atom. The molecule has 1 aromatic heterocycles. The molecule has 1 unspecified atom stereocenters. The number of carbonyl (C=O) groups is 1. The number of halogens is 1. The van der Waals surface area contributed by atoms with Crippen molar-refractivity contribution in [2.24, 2.45) is 4.36 Å². The zero-order valence-electron chi connectivity index (χ0n) is 15.8. The Labute approximate surface area is 168 Å². The number of pyridine rings is 1. The third kappa shape index (κ3) is 5.06. The van der Waals surface area contributed by atoms with Gasteiger partial charge in [-0.05, 0) is 42.5 Å². The first-order valence-corrected chi connectivity index (χ1v) is 10.4. The van der Waals surface area contributed by atoms with Gasteiger partial charge in [0.2, 0.25) is 0 Å². The minimum atomic E-state index is -2.86. The fraction of sp³-hybridized carbons (Fsp3) is 0.0909. The number of benzene rings is 2. The second-order valence-electron chi connectivity index (χ2n) is 6.04. The lowest BCUT2D eigenvalue weighted by atomic mass is 10.1. The summed E-state index contributed by atoms with van der Waals surface area (Å²) in [5, 5.41) is 0. The third-order valence-corrected chi connectivity index (χ3v) is 5.58. The molecular weight excluding hydrogens is 391 g/mol. The molecule has 0 fully saturated rings. The number of rotatable bonds is 3. The maximum atomic E-state index is 13.5. The predicted molar refractivity (Wildman–Crippen MR) is 109 cm³/mol. The summed E-state index contributed by atoms with van der Waals surface area (Å²) in [6, 6.07) is 15.8. The van der Waals surface area contributed by atoms with Crippen molar-refractivity contribution in [2.45, 2.75) is 4.90 Å². The van der Waals surface area contributed by atoms with Crippen molar-refractivity contribution >= 4 is 21.4 Å². The van der Waals surface area contributed by atoms with Crippen LogP contribution in [-0.4, -0.2) is 28.5 Å². The fourth-order valence-electron chi connectivity index (χ4n) is 2.43. The van der Waals surface area contributed by atoms with E-state index in [1.807, 2.05) is 0 Å². The lowest BCUT2D eigenvalue weighted by molar-refractivity contribution is 0.0594. The lowest BCUT2D eigenvalue weighted by Gasteiger charge is -2.06. The zero-order chi connectivity index (χ0) is 20.9.